The second kappa shape index (κ2) is 6.04. The molecule has 1 aliphatic heterocycles. The van der Waals surface area contributed by atoms with E-state index in [2.05, 4.69) is 5.10 Å². The highest BCUT2D eigenvalue weighted by Gasteiger charge is 2.57. The van der Waals surface area contributed by atoms with Crippen molar-refractivity contribution in [1.29, 1.82) is 0 Å². The molecule has 1 aromatic carbocycles. The monoisotopic (exact) mass is 375 g/mol. The molecule has 0 spiro atoms. The fourth-order valence-electron chi connectivity index (χ4n) is 2.79. The summed E-state index contributed by atoms with van der Waals surface area (Å²) in [4.78, 5) is 12.9. The summed E-state index contributed by atoms with van der Waals surface area (Å²) < 4.78 is 66.8. The SMILES string of the molecule is CC(O)(C(=O)N1CCc2c(cnn2-c2ccc(F)cc2F)C1)C(F)(F)F. The van der Waals surface area contributed by atoms with Crippen molar-refractivity contribution in [3.63, 3.8) is 0 Å². The maximum absolute atomic E-state index is 14.0. The Kier molecular flexibility index (Phi) is 4.26. The number of carbonyl (C=O) groups is 1. The van der Waals surface area contributed by atoms with Crippen LogP contribution in [0, 0.1) is 11.6 Å². The van der Waals surface area contributed by atoms with Gasteiger partial charge in [-0.25, -0.2) is 13.5 Å². The van der Waals surface area contributed by atoms with E-state index in [0.29, 0.717) is 24.2 Å². The van der Waals surface area contributed by atoms with Gasteiger partial charge in [0.25, 0.3) is 5.91 Å². The number of alkyl halides is 3. The van der Waals surface area contributed by atoms with E-state index in [1.165, 1.54) is 16.9 Å². The van der Waals surface area contributed by atoms with Gasteiger partial charge in [-0.15, -0.1) is 0 Å². The van der Waals surface area contributed by atoms with Gasteiger partial charge >= 0.3 is 6.18 Å². The first kappa shape index (κ1) is 18.3. The normalized spacial score (nSPS) is 17.0. The van der Waals surface area contributed by atoms with Crippen LogP contribution >= 0.6 is 0 Å². The van der Waals surface area contributed by atoms with Gasteiger partial charge in [0.2, 0.25) is 5.60 Å². The van der Waals surface area contributed by atoms with Gasteiger partial charge in [0.15, 0.2) is 5.82 Å². The second-order valence-electron chi connectivity index (χ2n) is 6.17. The number of benzene rings is 1. The van der Waals surface area contributed by atoms with Gasteiger partial charge in [-0.2, -0.15) is 18.3 Å². The van der Waals surface area contributed by atoms with Crippen molar-refractivity contribution in [1.82, 2.24) is 14.7 Å². The van der Waals surface area contributed by atoms with Crippen molar-refractivity contribution in [3.8, 4) is 5.69 Å². The summed E-state index contributed by atoms with van der Waals surface area (Å²) in [6.07, 6.45) is -3.70. The van der Waals surface area contributed by atoms with E-state index < -0.39 is 29.3 Å². The Hall–Kier alpha value is -2.49. The van der Waals surface area contributed by atoms with Crippen molar-refractivity contribution >= 4 is 5.91 Å². The summed E-state index contributed by atoms with van der Waals surface area (Å²) in [5.74, 6) is -3.05. The van der Waals surface area contributed by atoms with E-state index in [9.17, 15) is 31.9 Å². The average Bonchev–Trinajstić information content (AvgIpc) is 2.96. The molecule has 1 aliphatic rings. The minimum Gasteiger partial charge on any atom is -0.373 e. The van der Waals surface area contributed by atoms with E-state index in [0.717, 1.165) is 11.0 Å². The Balaban J connectivity index is 1.88. The zero-order valence-electron chi connectivity index (χ0n) is 13.5. The molecule has 140 valence electrons. The van der Waals surface area contributed by atoms with E-state index in [1.54, 1.807) is 0 Å². The van der Waals surface area contributed by atoms with Crippen LogP contribution in [0.2, 0.25) is 0 Å². The standard InChI is InChI=1S/C16H14F5N3O2/c1-15(26,16(19,20)21)14(25)23-5-4-12-9(8-23)7-22-24(12)13-3-2-10(17)6-11(13)18/h2-3,6-7,26H,4-5,8H2,1H3. The lowest BCUT2D eigenvalue weighted by Gasteiger charge is -2.34. The summed E-state index contributed by atoms with van der Waals surface area (Å²) in [7, 11) is 0. The highest BCUT2D eigenvalue weighted by Crippen LogP contribution is 2.33. The number of nitrogens with zero attached hydrogens (tertiary/aromatic N) is 3. The van der Waals surface area contributed by atoms with E-state index in [1.807, 2.05) is 0 Å². The van der Waals surface area contributed by atoms with Crippen molar-refractivity contribution in [3.05, 3.63) is 47.3 Å². The Morgan fingerprint density at radius 1 is 1.27 bits per heavy atom. The van der Waals surface area contributed by atoms with Crippen LogP contribution < -0.4 is 0 Å². The van der Waals surface area contributed by atoms with Crippen LogP contribution in [-0.4, -0.2) is 44.0 Å². The van der Waals surface area contributed by atoms with Crippen LogP contribution in [0.25, 0.3) is 5.69 Å². The largest absolute Gasteiger partial charge is 0.426 e. The first-order valence-corrected chi connectivity index (χ1v) is 7.62. The van der Waals surface area contributed by atoms with Crippen molar-refractivity contribution in [2.24, 2.45) is 0 Å². The molecule has 2 heterocycles. The maximum Gasteiger partial charge on any atom is 0.426 e. The van der Waals surface area contributed by atoms with Gasteiger partial charge < -0.3 is 10.0 Å². The lowest BCUT2D eigenvalue weighted by atomic mass is 10.0. The number of aliphatic hydroxyl groups is 1. The molecule has 0 fully saturated rings. The Morgan fingerprint density at radius 3 is 2.58 bits per heavy atom. The number of amides is 1. The molecule has 0 radical (unpaired) electrons. The number of hydrogen-bond acceptors (Lipinski definition) is 3. The van der Waals surface area contributed by atoms with Gasteiger partial charge in [0, 0.05) is 31.1 Å². The van der Waals surface area contributed by atoms with Gasteiger partial charge in [-0.05, 0) is 19.1 Å². The second-order valence-corrected chi connectivity index (χ2v) is 6.17. The molecule has 0 aliphatic carbocycles. The number of carbonyl (C=O) groups excluding carboxylic acids is 1. The van der Waals surface area contributed by atoms with Crippen LogP contribution in [0.1, 0.15) is 18.2 Å². The highest BCUT2D eigenvalue weighted by molar-refractivity contribution is 5.85. The summed E-state index contributed by atoms with van der Waals surface area (Å²) >= 11 is 0. The molecule has 2 aromatic rings. The molecule has 0 bridgehead atoms. The molecule has 1 amide bonds. The molecule has 26 heavy (non-hydrogen) atoms. The van der Waals surface area contributed by atoms with Crippen LogP contribution in [0.3, 0.4) is 0 Å². The lowest BCUT2D eigenvalue weighted by Crippen LogP contribution is -2.56. The third-order valence-electron chi connectivity index (χ3n) is 4.33. The van der Waals surface area contributed by atoms with Crippen LogP contribution in [-0.2, 0) is 17.8 Å². The summed E-state index contributed by atoms with van der Waals surface area (Å²) in [6.45, 7) is 0.0952. The molecule has 0 saturated heterocycles. The van der Waals surface area contributed by atoms with Crippen molar-refractivity contribution in [2.75, 3.05) is 6.54 Å². The van der Waals surface area contributed by atoms with Crippen LogP contribution in [0.5, 0.6) is 0 Å². The van der Waals surface area contributed by atoms with Crippen LogP contribution in [0.4, 0.5) is 22.0 Å². The number of aromatic nitrogens is 2. The van der Waals surface area contributed by atoms with E-state index in [-0.39, 0.29) is 25.2 Å². The molecule has 3 rings (SSSR count). The zero-order valence-corrected chi connectivity index (χ0v) is 13.5. The molecular formula is C16H14F5N3O2. The fourth-order valence-corrected chi connectivity index (χ4v) is 2.79. The highest BCUT2D eigenvalue weighted by atomic mass is 19.4. The van der Waals surface area contributed by atoms with Crippen molar-refractivity contribution in [2.45, 2.75) is 31.7 Å². The smallest absolute Gasteiger partial charge is 0.373 e. The molecular weight excluding hydrogens is 361 g/mol. The Labute approximate surface area is 144 Å². The average molecular weight is 375 g/mol. The fraction of sp³-hybridized carbons (Fsp3) is 0.375. The molecule has 1 N–H and O–H groups in total. The van der Waals surface area contributed by atoms with Gasteiger partial charge in [-0.1, -0.05) is 0 Å². The minimum atomic E-state index is -5.11. The molecule has 1 aromatic heterocycles. The quantitative estimate of drug-likeness (QED) is 0.820. The third kappa shape index (κ3) is 2.94. The predicted molar refractivity (Wildman–Crippen MR) is 79.3 cm³/mol. The molecule has 5 nitrogen and oxygen atoms in total. The first-order chi connectivity index (χ1) is 12.0. The molecule has 1 unspecified atom stereocenters. The number of hydrogen-bond donors (Lipinski definition) is 1. The third-order valence-corrected chi connectivity index (χ3v) is 4.33. The topological polar surface area (TPSA) is 58.4 Å². The first-order valence-electron chi connectivity index (χ1n) is 7.62. The van der Waals surface area contributed by atoms with E-state index in [4.69, 9.17) is 0 Å². The molecule has 10 heteroatoms. The van der Waals surface area contributed by atoms with Gasteiger partial charge in [0.1, 0.15) is 11.5 Å². The zero-order chi connectivity index (χ0) is 19.3. The predicted octanol–water partition coefficient (Wildman–Crippen LogP) is 2.35. The lowest BCUT2D eigenvalue weighted by molar-refractivity contribution is -0.250. The van der Waals surface area contributed by atoms with Gasteiger partial charge in [0.05, 0.1) is 11.9 Å². The summed E-state index contributed by atoms with van der Waals surface area (Å²) in [5.41, 5.74) is -2.57. The number of rotatable bonds is 2. The summed E-state index contributed by atoms with van der Waals surface area (Å²) in [6, 6.07) is 2.96. The summed E-state index contributed by atoms with van der Waals surface area (Å²) in [5, 5.41) is 13.5. The van der Waals surface area contributed by atoms with Crippen molar-refractivity contribution < 1.29 is 31.9 Å². The number of fused-ring (bicyclic) bond motifs is 1. The Morgan fingerprint density at radius 2 is 1.96 bits per heavy atom. The molecule has 1 atom stereocenters. The molecule has 0 saturated carbocycles. The Bertz CT molecular complexity index is 860. The minimum absolute atomic E-state index is 0.00489. The maximum atomic E-state index is 14.0. The van der Waals surface area contributed by atoms with Gasteiger partial charge in [-0.3, -0.25) is 4.79 Å². The van der Waals surface area contributed by atoms with Crippen LogP contribution in [0.15, 0.2) is 24.4 Å². The van der Waals surface area contributed by atoms with E-state index >= 15 is 0 Å². The number of halogens is 5.